The minimum atomic E-state index is -0.170. The predicted octanol–water partition coefficient (Wildman–Crippen LogP) is 2.11. The summed E-state index contributed by atoms with van der Waals surface area (Å²) in [5.41, 5.74) is 1.01. The fourth-order valence-corrected chi connectivity index (χ4v) is 3.93. The fourth-order valence-electron chi connectivity index (χ4n) is 2.91. The van der Waals surface area contributed by atoms with Gasteiger partial charge in [0.05, 0.1) is 12.2 Å². The van der Waals surface area contributed by atoms with Crippen molar-refractivity contribution in [2.75, 3.05) is 11.9 Å². The minimum Gasteiger partial charge on any atom is -0.337 e. The smallest absolute Gasteiger partial charge is 0.321 e. The Morgan fingerprint density at radius 2 is 2.10 bits per heavy atom. The molecule has 0 saturated heterocycles. The standard InChI is InChI=1S/C14H20N4O2S/c1-9(19)18-7-6-11-12(8-18)21-14(16-11)17-13(20)15-10-4-2-3-5-10/h10H,2-8H2,1H3,(H2,15,16,17,20). The van der Waals surface area contributed by atoms with E-state index in [1.807, 2.05) is 4.90 Å². The maximum Gasteiger partial charge on any atom is 0.321 e. The van der Waals surface area contributed by atoms with E-state index in [2.05, 4.69) is 15.6 Å². The van der Waals surface area contributed by atoms with E-state index >= 15 is 0 Å². The van der Waals surface area contributed by atoms with Gasteiger partial charge < -0.3 is 10.2 Å². The number of carbonyl (C=O) groups excluding carboxylic acids is 2. The Labute approximate surface area is 127 Å². The molecular weight excluding hydrogens is 288 g/mol. The molecule has 2 heterocycles. The average molecular weight is 308 g/mol. The molecule has 7 heteroatoms. The van der Waals surface area contributed by atoms with Gasteiger partial charge in [0, 0.05) is 30.8 Å². The highest BCUT2D eigenvalue weighted by atomic mass is 32.1. The van der Waals surface area contributed by atoms with Crippen molar-refractivity contribution in [2.45, 2.75) is 51.6 Å². The van der Waals surface area contributed by atoms with Crippen LogP contribution in [0.1, 0.15) is 43.2 Å². The molecule has 0 radical (unpaired) electrons. The van der Waals surface area contributed by atoms with Crippen molar-refractivity contribution < 1.29 is 9.59 Å². The van der Waals surface area contributed by atoms with Gasteiger partial charge in [-0.1, -0.05) is 24.2 Å². The second-order valence-corrected chi connectivity index (χ2v) is 6.74. The molecule has 2 aliphatic rings. The van der Waals surface area contributed by atoms with Gasteiger partial charge in [-0.2, -0.15) is 0 Å². The molecular formula is C14H20N4O2S. The van der Waals surface area contributed by atoms with Crippen molar-refractivity contribution in [1.29, 1.82) is 0 Å². The van der Waals surface area contributed by atoms with E-state index in [1.54, 1.807) is 6.92 Å². The number of rotatable bonds is 2. The molecule has 6 nitrogen and oxygen atoms in total. The normalized spacial score (nSPS) is 18.4. The molecule has 0 atom stereocenters. The lowest BCUT2D eigenvalue weighted by Crippen LogP contribution is -2.36. The Morgan fingerprint density at radius 1 is 1.33 bits per heavy atom. The minimum absolute atomic E-state index is 0.0857. The zero-order chi connectivity index (χ0) is 14.8. The van der Waals surface area contributed by atoms with Crippen molar-refractivity contribution >= 4 is 28.4 Å². The number of thiazole rings is 1. The third kappa shape index (κ3) is 3.34. The summed E-state index contributed by atoms with van der Waals surface area (Å²) in [6.45, 7) is 2.90. The van der Waals surface area contributed by atoms with Crippen molar-refractivity contribution in [3.8, 4) is 0 Å². The van der Waals surface area contributed by atoms with E-state index < -0.39 is 0 Å². The fraction of sp³-hybridized carbons (Fsp3) is 0.643. The number of aromatic nitrogens is 1. The van der Waals surface area contributed by atoms with Gasteiger partial charge in [-0.25, -0.2) is 9.78 Å². The summed E-state index contributed by atoms with van der Waals surface area (Å²) in [6.07, 6.45) is 5.27. The topological polar surface area (TPSA) is 74.3 Å². The van der Waals surface area contributed by atoms with E-state index in [-0.39, 0.29) is 11.9 Å². The zero-order valence-corrected chi connectivity index (χ0v) is 13.0. The lowest BCUT2D eigenvalue weighted by molar-refractivity contribution is -0.129. The van der Waals surface area contributed by atoms with E-state index in [0.717, 1.165) is 29.8 Å². The summed E-state index contributed by atoms with van der Waals surface area (Å²) in [5.74, 6) is 0.0857. The molecule has 1 aromatic heterocycles. The summed E-state index contributed by atoms with van der Waals surface area (Å²) >= 11 is 1.47. The lowest BCUT2D eigenvalue weighted by Gasteiger charge is -2.24. The highest BCUT2D eigenvalue weighted by Crippen LogP contribution is 2.28. The van der Waals surface area contributed by atoms with Crippen molar-refractivity contribution in [3.63, 3.8) is 0 Å². The summed E-state index contributed by atoms with van der Waals surface area (Å²) in [4.78, 5) is 30.7. The number of amides is 3. The Bertz CT molecular complexity index is 551. The monoisotopic (exact) mass is 308 g/mol. The molecule has 0 bridgehead atoms. The highest BCUT2D eigenvalue weighted by molar-refractivity contribution is 7.15. The quantitative estimate of drug-likeness (QED) is 0.879. The zero-order valence-electron chi connectivity index (χ0n) is 12.1. The number of nitrogens with zero attached hydrogens (tertiary/aromatic N) is 2. The van der Waals surface area contributed by atoms with Crippen LogP contribution in [0.5, 0.6) is 0 Å². The van der Waals surface area contributed by atoms with Crippen LogP contribution in [-0.2, 0) is 17.8 Å². The molecule has 1 saturated carbocycles. The first kappa shape index (κ1) is 14.3. The SMILES string of the molecule is CC(=O)N1CCc2nc(NC(=O)NC3CCCC3)sc2C1. The van der Waals surface area contributed by atoms with Crippen LogP contribution in [0.2, 0.25) is 0 Å². The molecule has 0 unspecified atom stereocenters. The van der Waals surface area contributed by atoms with E-state index in [9.17, 15) is 9.59 Å². The molecule has 3 rings (SSSR count). The summed E-state index contributed by atoms with van der Waals surface area (Å²) in [5, 5.41) is 6.44. The van der Waals surface area contributed by atoms with Gasteiger partial charge in [0.1, 0.15) is 0 Å². The van der Waals surface area contributed by atoms with E-state index in [0.29, 0.717) is 24.3 Å². The number of hydrogen-bond acceptors (Lipinski definition) is 4. The van der Waals surface area contributed by atoms with E-state index in [4.69, 9.17) is 0 Å². The van der Waals surface area contributed by atoms with Gasteiger partial charge in [-0.05, 0) is 12.8 Å². The Kier molecular flexibility index (Phi) is 4.10. The first-order valence-electron chi connectivity index (χ1n) is 7.43. The molecule has 1 aliphatic heterocycles. The van der Waals surface area contributed by atoms with Crippen LogP contribution in [0, 0.1) is 0 Å². The van der Waals surface area contributed by atoms with Gasteiger partial charge in [-0.3, -0.25) is 10.1 Å². The third-order valence-electron chi connectivity index (χ3n) is 4.09. The number of nitrogens with one attached hydrogen (secondary N) is 2. The van der Waals surface area contributed by atoms with Crippen molar-refractivity contribution in [2.24, 2.45) is 0 Å². The maximum absolute atomic E-state index is 11.9. The van der Waals surface area contributed by atoms with Crippen LogP contribution in [0.3, 0.4) is 0 Å². The molecule has 114 valence electrons. The van der Waals surface area contributed by atoms with Crippen molar-refractivity contribution in [1.82, 2.24) is 15.2 Å². The molecule has 2 N–H and O–H groups in total. The molecule has 1 fully saturated rings. The number of hydrogen-bond donors (Lipinski definition) is 2. The van der Waals surface area contributed by atoms with Crippen LogP contribution in [-0.4, -0.2) is 34.4 Å². The molecule has 0 spiro atoms. The van der Waals surface area contributed by atoms with Crippen LogP contribution >= 0.6 is 11.3 Å². The largest absolute Gasteiger partial charge is 0.337 e. The third-order valence-corrected chi connectivity index (χ3v) is 5.09. The number of carbonyl (C=O) groups is 2. The summed E-state index contributed by atoms with van der Waals surface area (Å²) < 4.78 is 0. The molecule has 21 heavy (non-hydrogen) atoms. The average Bonchev–Trinajstić information content (AvgIpc) is 3.05. The Morgan fingerprint density at radius 3 is 2.81 bits per heavy atom. The van der Waals surface area contributed by atoms with Gasteiger partial charge in [0.15, 0.2) is 5.13 Å². The van der Waals surface area contributed by atoms with Gasteiger partial charge >= 0.3 is 6.03 Å². The number of fused-ring (bicyclic) bond motifs is 1. The summed E-state index contributed by atoms with van der Waals surface area (Å²) in [6, 6.07) is 0.129. The van der Waals surface area contributed by atoms with E-state index in [1.165, 1.54) is 24.2 Å². The van der Waals surface area contributed by atoms with Crippen LogP contribution in [0.4, 0.5) is 9.93 Å². The second kappa shape index (κ2) is 6.01. The van der Waals surface area contributed by atoms with Crippen LogP contribution in [0.25, 0.3) is 0 Å². The number of urea groups is 1. The predicted molar refractivity (Wildman–Crippen MR) is 81.3 cm³/mol. The molecule has 0 aromatic carbocycles. The van der Waals surface area contributed by atoms with Crippen molar-refractivity contribution in [3.05, 3.63) is 10.6 Å². The highest BCUT2D eigenvalue weighted by Gasteiger charge is 2.23. The first-order valence-corrected chi connectivity index (χ1v) is 8.25. The van der Waals surface area contributed by atoms with Gasteiger partial charge in [0.25, 0.3) is 0 Å². The number of anilines is 1. The first-order chi connectivity index (χ1) is 10.1. The van der Waals surface area contributed by atoms with Crippen LogP contribution in [0.15, 0.2) is 0 Å². The molecule has 3 amide bonds. The summed E-state index contributed by atoms with van der Waals surface area (Å²) in [7, 11) is 0. The lowest BCUT2D eigenvalue weighted by atomic mass is 10.2. The maximum atomic E-state index is 11.9. The van der Waals surface area contributed by atoms with Gasteiger partial charge in [-0.15, -0.1) is 0 Å². The molecule has 1 aromatic rings. The Hall–Kier alpha value is -1.63. The Balaban J connectivity index is 1.59. The van der Waals surface area contributed by atoms with Crippen LogP contribution < -0.4 is 10.6 Å². The molecule has 1 aliphatic carbocycles. The van der Waals surface area contributed by atoms with Gasteiger partial charge in [0.2, 0.25) is 5.91 Å². The second-order valence-electron chi connectivity index (χ2n) is 5.66.